The second-order valence-corrected chi connectivity index (χ2v) is 7.69. The average molecular weight is 393 g/mol. The van der Waals surface area contributed by atoms with Crippen LogP contribution in [0.5, 0.6) is 0 Å². The molecule has 0 atom stereocenters. The SMILES string of the molecule is O=C(NC(=O)C(F)(F)F)Nc1cccc(S(=O)(=O)N2CCCCCC2)c1. The Bertz CT molecular complexity index is 773. The van der Waals surface area contributed by atoms with Gasteiger partial charge in [0.1, 0.15) is 0 Å². The minimum atomic E-state index is -5.20. The van der Waals surface area contributed by atoms with Gasteiger partial charge in [-0.1, -0.05) is 18.9 Å². The summed E-state index contributed by atoms with van der Waals surface area (Å²) in [5, 5.41) is 3.14. The van der Waals surface area contributed by atoms with E-state index in [4.69, 9.17) is 0 Å². The van der Waals surface area contributed by atoms with Crippen LogP contribution in [0.15, 0.2) is 29.2 Å². The number of carbonyl (C=O) groups excluding carboxylic acids is 2. The normalized spacial score (nSPS) is 16.6. The third kappa shape index (κ3) is 5.18. The van der Waals surface area contributed by atoms with Gasteiger partial charge in [-0.3, -0.25) is 10.1 Å². The predicted molar refractivity (Wildman–Crippen MR) is 86.9 cm³/mol. The monoisotopic (exact) mass is 393 g/mol. The summed E-state index contributed by atoms with van der Waals surface area (Å²) in [6.07, 6.45) is -1.81. The van der Waals surface area contributed by atoms with Crippen LogP contribution in [0.3, 0.4) is 0 Å². The molecule has 7 nitrogen and oxygen atoms in total. The number of carbonyl (C=O) groups is 2. The lowest BCUT2D eigenvalue weighted by Crippen LogP contribution is -2.42. The van der Waals surface area contributed by atoms with Crippen molar-refractivity contribution >= 4 is 27.6 Å². The van der Waals surface area contributed by atoms with Gasteiger partial charge in [0, 0.05) is 18.8 Å². The first-order valence-electron chi connectivity index (χ1n) is 7.90. The number of imide groups is 1. The molecule has 1 aliphatic heterocycles. The zero-order valence-electron chi connectivity index (χ0n) is 13.7. The Kier molecular flexibility index (Phi) is 6.24. The van der Waals surface area contributed by atoms with E-state index in [0.29, 0.717) is 13.1 Å². The molecule has 1 heterocycles. The highest BCUT2D eigenvalue weighted by Crippen LogP contribution is 2.22. The van der Waals surface area contributed by atoms with Gasteiger partial charge < -0.3 is 5.32 Å². The minimum Gasteiger partial charge on any atom is -0.308 e. The molecule has 0 aromatic heterocycles. The highest BCUT2D eigenvalue weighted by molar-refractivity contribution is 7.89. The van der Waals surface area contributed by atoms with E-state index in [-0.39, 0.29) is 10.6 Å². The van der Waals surface area contributed by atoms with Gasteiger partial charge >= 0.3 is 18.1 Å². The highest BCUT2D eigenvalue weighted by Gasteiger charge is 2.39. The van der Waals surface area contributed by atoms with Gasteiger partial charge in [-0.15, -0.1) is 0 Å². The van der Waals surface area contributed by atoms with Gasteiger partial charge in [0.2, 0.25) is 10.0 Å². The van der Waals surface area contributed by atoms with E-state index in [1.165, 1.54) is 22.5 Å². The van der Waals surface area contributed by atoms with Gasteiger partial charge in [0.25, 0.3) is 0 Å². The fourth-order valence-corrected chi connectivity index (χ4v) is 4.07. The van der Waals surface area contributed by atoms with Gasteiger partial charge in [-0.2, -0.15) is 17.5 Å². The lowest BCUT2D eigenvalue weighted by molar-refractivity contribution is -0.172. The number of hydrogen-bond acceptors (Lipinski definition) is 4. The van der Waals surface area contributed by atoms with Crippen molar-refractivity contribution in [2.75, 3.05) is 18.4 Å². The third-order valence-electron chi connectivity index (χ3n) is 3.78. The molecule has 0 bridgehead atoms. The van der Waals surface area contributed by atoms with E-state index in [0.717, 1.165) is 37.1 Å². The van der Waals surface area contributed by atoms with Crippen molar-refractivity contribution in [3.8, 4) is 0 Å². The van der Waals surface area contributed by atoms with Crippen LogP contribution in [0.1, 0.15) is 25.7 Å². The Morgan fingerprint density at radius 3 is 2.23 bits per heavy atom. The maximum absolute atomic E-state index is 12.7. The molecule has 1 fully saturated rings. The molecule has 0 unspecified atom stereocenters. The topological polar surface area (TPSA) is 95.6 Å². The van der Waals surface area contributed by atoms with E-state index in [9.17, 15) is 31.2 Å². The zero-order chi connectivity index (χ0) is 19.4. The van der Waals surface area contributed by atoms with Crippen LogP contribution >= 0.6 is 0 Å². The van der Waals surface area contributed by atoms with E-state index in [1.54, 1.807) is 0 Å². The molecule has 2 N–H and O–H groups in total. The minimum absolute atomic E-state index is 0.0478. The summed E-state index contributed by atoms with van der Waals surface area (Å²) >= 11 is 0. The summed E-state index contributed by atoms with van der Waals surface area (Å²) in [6.45, 7) is 0.779. The van der Waals surface area contributed by atoms with Crippen LogP contribution in [0.25, 0.3) is 0 Å². The molecule has 144 valence electrons. The van der Waals surface area contributed by atoms with E-state index < -0.39 is 28.1 Å². The summed E-state index contributed by atoms with van der Waals surface area (Å²) in [5.41, 5.74) is -0.0478. The molecule has 0 spiro atoms. The number of anilines is 1. The summed E-state index contributed by atoms with van der Waals surface area (Å²) in [6, 6.07) is 3.73. The molecule has 0 saturated carbocycles. The highest BCUT2D eigenvalue weighted by atomic mass is 32.2. The molecular formula is C15H18F3N3O4S. The molecule has 1 aromatic rings. The van der Waals surface area contributed by atoms with E-state index in [2.05, 4.69) is 0 Å². The smallest absolute Gasteiger partial charge is 0.308 e. The number of nitrogens with one attached hydrogen (secondary N) is 2. The van der Waals surface area contributed by atoms with Crippen LogP contribution in [-0.4, -0.2) is 43.9 Å². The van der Waals surface area contributed by atoms with Crippen molar-refractivity contribution in [3.63, 3.8) is 0 Å². The molecule has 0 aliphatic carbocycles. The molecule has 1 aromatic carbocycles. The van der Waals surface area contributed by atoms with Crippen molar-refractivity contribution in [1.29, 1.82) is 0 Å². The van der Waals surface area contributed by atoms with Gasteiger partial charge in [0.05, 0.1) is 4.90 Å². The van der Waals surface area contributed by atoms with Crippen molar-refractivity contribution in [3.05, 3.63) is 24.3 Å². The van der Waals surface area contributed by atoms with Gasteiger partial charge in [-0.05, 0) is 31.0 Å². The zero-order valence-corrected chi connectivity index (χ0v) is 14.5. The number of urea groups is 1. The van der Waals surface area contributed by atoms with Crippen LogP contribution < -0.4 is 10.6 Å². The lowest BCUT2D eigenvalue weighted by atomic mass is 10.2. The molecule has 11 heteroatoms. The van der Waals surface area contributed by atoms with Crippen molar-refractivity contribution in [1.82, 2.24) is 9.62 Å². The second-order valence-electron chi connectivity index (χ2n) is 5.75. The lowest BCUT2D eigenvalue weighted by Gasteiger charge is -2.20. The Balaban J connectivity index is 2.12. The number of halogens is 3. The van der Waals surface area contributed by atoms with Crippen LogP contribution in [0.2, 0.25) is 0 Å². The molecule has 26 heavy (non-hydrogen) atoms. The van der Waals surface area contributed by atoms with E-state index in [1.807, 2.05) is 5.32 Å². The predicted octanol–water partition coefficient (Wildman–Crippen LogP) is 2.46. The number of hydrogen-bond donors (Lipinski definition) is 2. The first-order valence-corrected chi connectivity index (χ1v) is 9.34. The molecule has 0 radical (unpaired) electrons. The van der Waals surface area contributed by atoms with Gasteiger partial charge in [0.15, 0.2) is 0 Å². The number of benzene rings is 1. The van der Waals surface area contributed by atoms with Crippen molar-refractivity contribution < 1.29 is 31.2 Å². The number of sulfonamides is 1. The Morgan fingerprint density at radius 2 is 1.65 bits per heavy atom. The molecular weight excluding hydrogens is 375 g/mol. The first kappa shape index (κ1) is 20.2. The van der Waals surface area contributed by atoms with Crippen LogP contribution in [0, 0.1) is 0 Å². The largest absolute Gasteiger partial charge is 0.471 e. The number of alkyl halides is 3. The third-order valence-corrected chi connectivity index (χ3v) is 5.67. The first-order chi connectivity index (χ1) is 12.1. The standard InChI is InChI=1S/C15H18F3N3O4S/c16-15(17,18)13(22)20-14(23)19-11-6-5-7-12(10-11)26(24,25)21-8-3-1-2-4-9-21/h5-7,10H,1-4,8-9H2,(H2,19,20,22,23). The summed E-state index contributed by atoms with van der Waals surface area (Å²) in [4.78, 5) is 22.1. The van der Waals surface area contributed by atoms with Crippen LogP contribution in [-0.2, 0) is 14.8 Å². The van der Waals surface area contributed by atoms with Gasteiger partial charge in [-0.25, -0.2) is 13.2 Å². The maximum Gasteiger partial charge on any atom is 0.471 e. The fourth-order valence-electron chi connectivity index (χ4n) is 2.50. The number of amides is 3. The summed E-state index contributed by atoms with van der Waals surface area (Å²) in [5.74, 6) is -2.41. The van der Waals surface area contributed by atoms with Crippen LogP contribution in [0.4, 0.5) is 23.7 Å². The summed E-state index contributed by atoms with van der Waals surface area (Å²) in [7, 11) is -3.78. The molecule has 1 aliphatic rings. The molecule has 1 saturated heterocycles. The van der Waals surface area contributed by atoms with E-state index >= 15 is 0 Å². The molecule has 2 rings (SSSR count). The Morgan fingerprint density at radius 1 is 1.04 bits per heavy atom. The molecule has 3 amide bonds. The Labute approximate surface area is 148 Å². The number of rotatable bonds is 3. The summed E-state index contributed by atoms with van der Waals surface area (Å²) < 4.78 is 63.1. The van der Waals surface area contributed by atoms with Crippen molar-refractivity contribution in [2.45, 2.75) is 36.8 Å². The fraction of sp³-hybridized carbons (Fsp3) is 0.467. The quantitative estimate of drug-likeness (QED) is 0.825. The number of nitrogens with zero attached hydrogens (tertiary/aromatic N) is 1. The van der Waals surface area contributed by atoms with Crippen molar-refractivity contribution in [2.24, 2.45) is 0 Å². The Hall–Kier alpha value is -2.14. The average Bonchev–Trinajstić information content (AvgIpc) is 2.83. The second kappa shape index (κ2) is 8.04. The maximum atomic E-state index is 12.7.